The van der Waals surface area contributed by atoms with Crippen molar-refractivity contribution in [3.05, 3.63) is 64.7 Å². The third-order valence-corrected chi connectivity index (χ3v) is 5.37. The van der Waals surface area contributed by atoms with Crippen LogP contribution in [0, 0.1) is 0 Å². The number of halogens is 1. The van der Waals surface area contributed by atoms with Gasteiger partial charge in [-0.25, -0.2) is 0 Å². The number of quaternary nitrogens is 1. The van der Waals surface area contributed by atoms with Gasteiger partial charge < -0.3 is 15.1 Å². The minimum absolute atomic E-state index is 0.0845. The number of nitrogens with zero attached hydrogens (tertiary/aromatic N) is 1. The molecule has 0 saturated heterocycles. The zero-order valence-electron chi connectivity index (χ0n) is 15.7. The highest BCUT2D eigenvalue weighted by molar-refractivity contribution is 6.30. The summed E-state index contributed by atoms with van der Waals surface area (Å²) in [5.74, 6) is -0.0419. The van der Waals surface area contributed by atoms with Crippen molar-refractivity contribution in [3.8, 4) is 0 Å². The lowest BCUT2D eigenvalue weighted by molar-refractivity contribution is -0.886. The van der Waals surface area contributed by atoms with Crippen LogP contribution in [0.1, 0.15) is 18.1 Å². The molecule has 2 N–H and O–H groups in total. The van der Waals surface area contributed by atoms with E-state index in [0.29, 0.717) is 17.3 Å². The lowest BCUT2D eigenvalue weighted by Gasteiger charge is -2.32. The number of carbonyl (C=O) groups is 2. The zero-order chi connectivity index (χ0) is 19.4. The number of anilines is 1. The third-order valence-electron chi connectivity index (χ3n) is 5.12. The summed E-state index contributed by atoms with van der Waals surface area (Å²) in [6, 6.07) is 14.9. The molecular formula is C21H25ClN3O2+. The number of benzene rings is 2. The van der Waals surface area contributed by atoms with Crippen LogP contribution in [0.4, 0.5) is 5.69 Å². The molecule has 0 saturated carbocycles. The smallest absolute Gasteiger partial charge is 0.280 e. The zero-order valence-corrected chi connectivity index (χ0v) is 16.4. The van der Waals surface area contributed by atoms with Gasteiger partial charge in [-0.15, -0.1) is 0 Å². The summed E-state index contributed by atoms with van der Waals surface area (Å²) >= 11 is 5.86. The molecule has 0 bridgehead atoms. The number of amides is 2. The van der Waals surface area contributed by atoms with E-state index in [2.05, 4.69) is 17.4 Å². The molecule has 27 heavy (non-hydrogen) atoms. The van der Waals surface area contributed by atoms with Crippen LogP contribution < -0.4 is 10.2 Å². The van der Waals surface area contributed by atoms with Gasteiger partial charge in [0.05, 0.1) is 7.05 Å². The van der Waals surface area contributed by atoms with Crippen LogP contribution in [0.2, 0.25) is 5.02 Å². The monoisotopic (exact) mass is 386 g/mol. The van der Waals surface area contributed by atoms with Gasteiger partial charge in [-0.3, -0.25) is 9.59 Å². The van der Waals surface area contributed by atoms with E-state index in [1.54, 1.807) is 24.3 Å². The lowest BCUT2D eigenvalue weighted by Crippen LogP contribution is -3.15. The lowest BCUT2D eigenvalue weighted by atomic mass is 9.99. The summed E-state index contributed by atoms with van der Waals surface area (Å²) in [7, 11) is 1.88. The topological polar surface area (TPSA) is 53.9 Å². The van der Waals surface area contributed by atoms with Gasteiger partial charge in [-0.05, 0) is 48.7 Å². The fraction of sp³-hybridized carbons (Fsp3) is 0.333. The van der Waals surface area contributed by atoms with Gasteiger partial charge >= 0.3 is 0 Å². The van der Waals surface area contributed by atoms with Crippen LogP contribution >= 0.6 is 11.6 Å². The van der Waals surface area contributed by atoms with Crippen LogP contribution in [0.25, 0.3) is 0 Å². The predicted molar refractivity (Wildman–Crippen MR) is 107 cm³/mol. The van der Waals surface area contributed by atoms with E-state index in [-0.39, 0.29) is 24.4 Å². The first-order valence-corrected chi connectivity index (χ1v) is 9.55. The number of carbonyl (C=O) groups excluding carboxylic acids is 2. The average molecular weight is 387 g/mol. The average Bonchev–Trinajstić information content (AvgIpc) is 2.68. The molecule has 2 aromatic rings. The Morgan fingerprint density at radius 3 is 2.52 bits per heavy atom. The molecule has 0 aromatic heterocycles. The van der Waals surface area contributed by atoms with E-state index in [0.717, 1.165) is 17.9 Å². The molecule has 1 heterocycles. The molecule has 0 aliphatic carbocycles. The molecule has 0 spiro atoms. The molecule has 3 rings (SSSR count). The molecule has 1 aliphatic heterocycles. The highest BCUT2D eigenvalue weighted by atomic mass is 35.5. The number of likely N-dealkylation sites (N-methyl/N-ethyl adjacent to an activating group) is 1. The van der Waals surface area contributed by atoms with Crippen molar-refractivity contribution in [3.63, 3.8) is 0 Å². The highest BCUT2D eigenvalue weighted by Crippen LogP contribution is 2.18. The molecule has 0 radical (unpaired) electrons. The largest absolute Gasteiger partial charge is 0.333 e. The molecule has 1 aliphatic rings. The van der Waals surface area contributed by atoms with Crippen molar-refractivity contribution in [2.75, 3.05) is 25.5 Å². The van der Waals surface area contributed by atoms with Crippen LogP contribution in [0.3, 0.4) is 0 Å². The summed E-state index contributed by atoms with van der Waals surface area (Å²) in [6.07, 6.45) is 0.880. The van der Waals surface area contributed by atoms with E-state index < -0.39 is 0 Å². The summed E-state index contributed by atoms with van der Waals surface area (Å²) in [5.41, 5.74) is 3.23. The Morgan fingerprint density at radius 2 is 1.81 bits per heavy atom. The molecule has 0 fully saturated rings. The molecular weight excluding hydrogens is 362 g/mol. The Hall–Kier alpha value is -2.37. The Labute approximate surface area is 164 Å². The minimum atomic E-state index is -0.286. The van der Waals surface area contributed by atoms with Gasteiger partial charge in [0.15, 0.2) is 12.6 Å². The molecule has 142 valence electrons. The first kappa shape index (κ1) is 19.4. The maximum Gasteiger partial charge on any atom is 0.280 e. The van der Waals surface area contributed by atoms with Crippen molar-refractivity contribution in [2.45, 2.75) is 25.9 Å². The van der Waals surface area contributed by atoms with Crippen LogP contribution in [-0.4, -0.2) is 42.9 Å². The number of hydrogen-bond acceptors (Lipinski definition) is 2. The maximum absolute atomic E-state index is 12.9. The van der Waals surface area contributed by atoms with Gasteiger partial charge in [0.2, 0.25) is 0 Å². The summed E-state index contributed by atoms with van der Waals surface area (Å²) in [5, 5.41) is 3.47. The highest BCUT2D eigenvalue weighted by Gasteiger charge is 2.30. The second-order valence-electron chi connectivity index (χ2n) is 7.08. The fourth-order valence-corrected chi connectivity index (χ4v) is 3.44. The number of nitrogens with one attached hydrogen (secondary N) is 2. The standard InChI is InChI=1S/C21H24ClN3O2/c1-15(21(27)25-12-11-16-5-3-4-6-17(16)13-25)24(2)14-20(26)23-19-9-7-18(22)8-10-19/h3-10,15H,11-14H2,1-2H3,(H,23,26)/p+1/t15-/m0/s1. The van der Waals surface area contributed by atoms with Gasteiger partial charge in [0.25, 0.3) is 11.8 Å². The SMILES string of the molecule is C[C@@H](C(=O)N1CCc2ccccc2C1)[NH+](C)CC(=O)Nc1ccc(Cl)cc1. The van der Waals surface area contributed by atoms with E-state index in [1.807, 2.05) is 31.0 Å². The Morgan fingerprint density at radius 1 is 1.15 bits per heavy atom. The van der Waals surface area contributed by atoms with E-state index >= 15 is 0 Å². The summed E-state index contributed by atoms with van der Waals surface area (Å²) < 4.78 is 0. The molecule has 2 aromatic carbocycles. The Bertz CT molecular complexity index is 822. The van der Waals surface area contributed by atoms with Gasteiger partial charge in [-0.2, -0.15) is 0 Å². The minimum Gasteiger partial charge on any atom is -0.333 e. The van der Waals surface area contributed by atoms with Crippen molar-refractivity contribution in [1.29, 1.82) is 0 Å². The first-order chi connectivity index (χ1) is 12.9. The van der Waals surface area contributed by atoms with Crippen molar-refractivity contribution < 1.29 is 14.5 Å². The summed E-state index contributed by atoms with van der Waals surface area (Å²) in [6.45, 7) is 3.47. The van der Waals surface area contributed by atoms with Crippen molar-refractivity contribution >= 4 is 29.1 Å². The fourth-order valence-electron chi connectivity index (χ4n) is 3.31. The molecule has 6 heteroatoms. The van der Waals surface area contributed by atoms with Crippen LogP contribution in [0.5, 0.6) is 0 Å². The van der Waals surface area contributed by atoms with Gasteiger partial charge in [0.1, 0.15) is 0 Å². The van der Waals surface area contributed by atoms with Crippen LogP contribution in [-0.2, 0) is 22.6 Å². The van der Waals surface area contributed by atoms with Crippen LogP contribution in [0.15, 0.2) is 48.5 Å². The van der Waals surface area contributed by atoms with Crippen molar-refractivity contribution in [1.82, 2.24) is 4.90 Å². The molecule has 2 atom stereocenters. The van der Waals surface area contributed by atoms with Gasteiger partial charge in [-0.1, -0.05) is 35.9 Å². The second-order valence-corrected chi connectivity index (χ2v) is 7.51. The van der Waals surface area contributed by atoms with Gasteiger partial charge in [0, 0.05) is 23.8 Å². The predicted octanol–water partition coefficient (Wildman–Crippen LogP) is 1.77. The van der Waals surface area contributed by atoms with E-state index in [9.17, 15) is 9.59 Å². The van der Waals surface area contributed by atoms with E-state index in [4.69, 9.17) is 11.6 Å². The number of fused-ring (bicyclic) bond motifs is 1. The quantitative estimate of drug-likeness (QED) is 0.822. The Balaban J connectivity index is 1.55. The third kappa shape index (κ3) is 4.87. The normalized spacial score (nSPS) is 15.6. The van der Waals surface area contributed by atoms with Crippen molar-refractivity contribution in [2.24, 2.45) is 0 Å². The van der Waals surface area contributed by atoms with E-state index in [1.165, 1.54) is 11.1 Å². The molecule has 2 amide bonds. The maximum atomic E-state index is 12.9. The second kappa shape index (κ2) is 8.55. The summed E-state index contributed by atoms with van der Waals surface area (Å²) in [4.78, 5) is 27.9. The number of hydrogen-bond donors (Lipinski definition) is 2. The molecule has 1 unspecified atom stereocenters. The number of rotatable bonds is 5. The molecule has 5 nitrogen and oxygen atoms in total. The first-order valence-electron chi connectivity index (χ1n) is 9.17. The Kier molecular flexibility index (Phi) is 6.14.